The van der Waals surface area contributed by atoms with Crippen LogP contribution in [-0.4, -0.2) is 48.4 Å². The molecule has 2 aromatic carbocycles. The van der Waals surface area contributed by atoms with Crippen LogP contribution in [0.1, 0.15) is 28.8 Å². The molecular formula is C23H22F3NO5. The van der Waals surface area contributed by atoms with Crippen LogP contribution in [0.5, 0.6) is 5.75 Å². The van der Waals surface area contributed by atoms with Gasteiger partial charge in [0.2, 0.25) is 0 Å². The molecule has 2 saturated heterocycles. The number of ether oxygens (including phenoxy) is 3. The lowest BCUT2D eigenvalue weighted by Gasteiger charge is -2.47. The Labute approximate surface area is 182 Å². The highest BCUT2D eigenvalue weighted by Crippen LogP contribution is 2.35. The minimum Gasteiger partial charge on any atom is -0.445 e. The summed E-state index contributed by atoms with van der Waals surface area (Å²) in [6.45, 7) is 0.695. The van der Waals surface area contributed by atoms with Gasteiger partial charge in [-0.25, -0.2) is 4.79 Å². The van der Waals surface area contributed by atoms with Gasteiger partial charge in [-0.3, -0.25) is 9.69 Å². The maximum Gasteiger partial charge on any atom is 0.573 e. The lowest BCUT2D eigenvalue weighted by Crippen LogP contribution is -2.59. The lowest BCUT2D eigenvalue weighted by molar-refractivity contribution is -0.274. The van der Waals surface area contributed by atoms with Crippen molar-refractivity contribution in [3.8, 4) is 5.75 Å². The second-order valence-corrected chi connectivity index (χ2v) is 7.90. The van der Waals surface area contributed by atoms with Gasteiger partial charge in [-0.1, -0.05) is 42.5 Å². The van der Waals surface area contributed by atoms with Crippen molar-refractivity contribution in [2.75, 3.05) is 13.2 Å². The Bertz CT molecular complexity index is 952. The molecule has 4 rings (SSSR count). The molecule has 2 fully saturated rings. The van der Waals surface area contributed by atoms with Crippen LogP contribution in [0.3, 0.4) is 0 Å². The smallest absolute Gasteiger partial charge is 0.445 e. The SMILES string of the molecule is O=C(c1cccc(OC(F)(F)F)c1)C1CC2COCC(C1)N2C(=O)OCc1ccccc1. The van der Waals surface area contributed by atoms with Crippen LogP contribution in [-0.2, 0) is 16.1 Å². The Morgan fingerprint density at radius 2 is 1.69 bits per heavy atom. The number of carbonyl (C=O) groups is 2. The number of Topliss-reactive ketones (excluding diaryl/α,β-unsaturated/α-hetero) is 1. The van der Waals surface area contributed by atoms with E-state index in [0.717, 1.165) is 17.7 Å². The van der Waals surface area contributed by atoms with E-state index in [9.17, 15) is 22.8 Å². The monoisotopic (exact) mass is 449 g/mol. The van der Waals surface area contributed by atoms with E-state index in [1.165, 1.54) is 12.1 Å². The van der Waals surface area contributed by atoms with E-state index < -0.39 is 24.1 Å². The molecular weight excluding hydrogens is 427 g/mol. The molecule has 9 heteroatoms. The Morgan fingerprint density at radius 1 is 1.00 bits per heavy atom. The topological polar surface area (TPSA) is 65.1 Å². The number of fused-ring (bicyclic) bond motifs is 2. The maximum atomic E-state index is 13.0. The van der Waals surface area contributed by atoms with Crippen LogP contribution in [0.15, 0.2) is 54.6 Å². The Morgan fingerprint density at radius 3 is 2.34 bits per heavy atom. The summed E-state index contributed by atoms with van der Waals surface area (Å²) < 4.78 is 52.5. The second-order valence-electron chi connectivity index (χ2n) is 7.90. The van der Waals surface area contributed by atoms with E-state index in [1.807, 2.05) is 30.3 Å². The molecule has 2 heterocycles. The first kappa shape index (κ1) is 22.1. The van der Waals surface area contributed by atoms with Gasteiger partial charge in [0.05, 0.1) is 25.3 Å². The van der Waals surface area contributed by atoms with Crippen LogP contribution in [0.4, 0.5) is 18.0 Å². The summed E-state index contributed by atoms with van der Waals surface area (Å²) in [5.41, 5.74) is 1.02. The van der Waals surface area contributed by atoms with E-state index in [1.54, 1.807) is 4.90 Å². The van der Waals surface area contributed by atoms with Crippen molar-refractivity contribution < 1.29 is 37.0 Å². The van der Waals surface area contributed by atoms with Crippen molar-refractivity contribution in [2.24, 2.45) is 5.92 Å². The normalized spacial score (nSPS) is 22.8. The number of piperidine rings is 1. The molecule has 0 radical (unpaired) electrons. The van der Waals surface area contributed by atoms with Crippen LogP contribution in [0.2, 0.25) is 0 Å². The van der Waals surface area contributed by atoms with Crippen LogP contribution >= 0.6 is 0 Å². The van der Waals surface area contributed by atoms with Gasteiger partial charge in [0, 0.05) is 11.5 Å². The molecule has 32 heavy (non-hydrogen) atoms. The second kappa shape index (κ2) is 9.20. The third-order valence-electron chi connectivity index (χ3n) is 5.66. The fraction of sp³-hybridized carbons (Fsp3) is 0.391. The van der Waals surface area contributed by atoms with Gasteiger partial charge in [-0.2, -0.15) is 0 Å². The lowest BCUT2D eigenvalue weighted by atomic mass is 9.81. The molecule has 2 aliphatic heterocycles. The highest BCUT2D eigenvalue weighted by molar-refractivity contribution is 5.98. The summed E-state index contributed by atoms with van der Waals surface area (Å²) in [7, 11) is 0. The highest BCUT2D eigenvalue weighted by atomic mass is 19.4. The zero-order valence-corrected chi connectivity index (χ0v) is 17.1. The fourth-order valence-corrected chi connectivity index (χ4v) is 4.30. The summed E-state index contributed by atoms with van der Waals surface area (Å²) in [6.07, 6.45) is -4.60. The van der Waals surface area contributed by atoms with Crippen LogP contribution < -0.4 is 4.74 Å². The average Bonchev–Trinajstić information content (AvgIpc) is 2.76. The molecule has 0 spiro atoms. The molecule has 2 unspecified atom stereocenters. The van der Waals surface area contributed by atoms with E-state index in [2.05, 4.69) is 4.74 Å². The third-order valence-corrected chi connectivity index (χ3v) is 5.66. The summed E-state index contributed by atoms with van der Waals surface area (Å²) in [6, 6.07) is 13.7. The van der Waals surface area contributed by atoms with Gasteiger partial charge in [0.1, 0.15) is 12.4 Å². The summed E-state index contributed by atoms with van der Waals surface area (Å²) in [4.78, 5) is 27.4. The largest absolute Gasteiger partial charge is 0.573 e. The fourth-order valence-electron chi connectivity index (χ4n) is 4.30. The van der Waals surface area contributed by atoms with Crippen molar-refractivity contribution in [2.45, 2.75) is 37.9 Å². The number of carbonyl (C=O) groups excluding carboxylic acids is 2. The number of alkyl halides is 3. The predicted octanol–water partition coefficient (Wildman–Crippen LogP) is 4.58. The number of ketones is 1. The van der Waals surface area contributed by atoms with Gasteiger partial charge >= 0.3 is 12.5 Å². The van der Waals surface area contributed by atoms with Crippen LogP contribution in [0, 0.1) is 5.92 Å². The van der Waals surface area contributed by atoms with Crippen molar-refractivity contribution >= 4 is 11.9 Å². The van der Waals surface area contributed by atoms with Crippen LogP contribution in [0.25, 0.3) is 0 Å². The minimum absolute atomic E-state index is 0.144. The Hall–Kier alpha value is -3.07. The molecule has 0 N–H and O–H groups in total. The van der Waals surface area contributed by atoms with Gasteiger partial charge < -0.3 is 14.2 Å². The van der Waals surface area contributed by atoms with E-state index in [4.69, 9.17) is 9.47 Å². The first-order valence-corrected chi connectivity index (χ1v) is 10.3. The molecule has 170 valence electrons. The van der Waals surface area contributed by atoms with E-state index >= 15 is 0 Å². The first-order chi connectivity index (χ1) is 15.3. The van der Waals surface area contributed by atoms with E-state index in [-0.39, 0.29) is 43.3 Å². The Balaban J connectivity index is 1.42. The third kappa shape index (κ3) is 5.21. The predicted molar refractivity (Wildman–Crippen MR) is 107 cm³/mol. The number of halogens is 3. The molecule has 0 aromatic heterocycles. The molecule has 1 amide bonds. The molecule has 2 atom stereocenters. The van der Waals surface area contributed by atoms with Crippen molar-refractivity contribution in [3.05, 3.63) is 65.7 Å². The van der Waals surface area contributed by atoms with Crippen molar-refractivity contribution in [3.63, 3.8) is 0 Å². The van der Waals surface area contributed by atoms with E-state index in [0.29, 0.717) is 12.8 Å². The zero-order valence-electron chi connectivity index (χ0n) is 17.1. The van der Waals surface area contributed by atoms with Gasteiger partial charge in [-0.05, 0) is 30.5 Å². The minimum atomic E-state index is -4.83. The number of hydrogen-bond acceptors (Lipinski definition) is 5. The number of morpholine rings is 1. The quantitative estimate of drug-likeness (QED) is 0.625. The number of benzene rings is 2. The molecule has 6 nitrogen and oxygen atoms in total. The molecule has 2 aliphatic rings. The van der Waals surface area contributed by atoms with Crippen molar-refractivity contribution in [1.29, 1.82) is 0 Å². The molecule has 2 bridgehead atoms. The maximum absolute atomic E-state index is 13.0. The number of amides is 1. The summed E-state index contributed by atoms with van der Waals surface area (Å²) in [5, 5.41) is 0. The van der Waals surface area contributed by atoms with Gasteiger partial charge in [0.25, 0.3) is 0 Å². The standard InChI is InChI=1S/C23H22F3NO5/c24-23(25,26)32-20-8-4-7-16(11-20)21(28)17-9-18-13-30-14-19(10-17)27(18)22(29)31-12-15-5-2-1-3-6-15/h1-8,11,17-19H,9-10,12-14H2. The first-order valence-electron chi connectivity index (χ1n) is 10.3. The number of hydrogen-bond donors (Lipinski definition) is 0. The summed E-state index contributed by atoms with van der Waals surface area (Å²) >= 11 is 0. The molecule has 0 aliphatic carbocycles. The zero-order chi connectivity index (χ0) is 22.7. The highest BCUT2D eigenvalue weighted by Gasteiger charge is 2.44. The van der Waals surface area contributed by atoms with Crippen molar-refractivity contribution in [1.82, 2.24) is 4.90 Å². The van der Waals surface area contributed by atoms with Gasteiger partial charge in [-0.15, -0.1) is 13.2 Å². The number of rotatable bonds is 5. The molecule has 0 saturated carbocycles. The summed E-state index contributed by atoms with van der Waals surface area (Å²) in [5.74, 6) is -1.14. The molecule has 2 aromatic rings. The average molecular weight is 449 g/mol. The number of nitrogens with zero attached hydrogens (tertiary/aromatic N) is 1. The Kier molecular flexibility index (Phi) is 6.36. The van der Waals surface area contributed by atoms with Gasteiger partial charge in [0.15, 0.2) is 5.78 Å².